The molecule has 0 aliphatic rings. The van der Waals surface area contributed by atoms with Crippen molar-refractivity contribution >= 4 is 28.3 Å². The van der Waals surface area contributed by atoms with E-state index in [9.17, 15) is 9.59 Å². The monoisotopic (exact) mass is 464 g/mol. The lowest BCUT2D eigenvalue weighted by atomic mass is 10.00. The lowest BCUT2D eigenvalue weighted by Gasteiger charge is -2.16. The van der Waals surface area contributed by atoms with Gasteiger partial charge in [0.1, 0.15) is 6.54 Å². The van der Waals surface area contributed by atoms with Crippen LogP contribution in [0.5, 0.6) is 0 Å². The number of hydrogen-bond donors (Lipinski definition) is 1. The maximum absolute atomic E-state index is 13.0. The molecule has 170 valence electrons. The molecule has 0 spiro atoms. The van der Waals surface area contributed by atoms with E-state index in [1.165, 1.54) is 9.25 Å². The van der Waals surface area contributed by atoms with Crippen LogP contribution >= 0.6 is 11.6 Å². The maximum Gasteiger partial charge on any atom is 0.346 e. The highest BCUT2D eigenvalue weighted by molar-refractivity contribution is 6.30. The van der Waals surface area contributed by atoms with Crippen LogP contribution in [0.4, 0.5) is 0 Å². The van der Waals surface area contributed by atoms with E-state index < -0.39 is 0 Å². The molecule has 0 saturated heterocycles. The lowest BCUT2D eigenvalue weighted by Crippen LogP contribution is -2.35. The molecule has 0 unspecified atom stereocenters. The minimum absolute atomic E-state index is 0.186. The average molecular weight is 465 g/mol. The first-order valence-electron chi connectivity index (χ1n) is 10.7. The second-order valence-electron chi connectivity index (χ2n) is 7.77. The molecule has 7 nitrogen and oxygen atoms in total. The fourth-order valence-electron chi connectivity index (χ4n) is 3.87. The number of aromatic nitrogens is 3. The summed E-state index contributed by atoms with van der Waals surface area (Å²) in [6, 6.07) is 20.9. The molecule has 0 radical (unpaired) electrons. The standard InChI is InChI=1S/C25H25ClN4O3/c1-17(21-9-5-7-18-6-3-4-8-22(18)21)27-23(31)16-30-25(32)29(14-15-33-2)24(28-30)19-10-12-20(26)13-11-19/h3-13,17H,14-16H2,1-2H3,(H,27,31)/t17-/m0/s1. The third-order valence-electron chi connectivity index (χ3n) is 5.50. The molecule has 1 N–H and O–H groups in total. The third-order valence-corrected chi connectivity index (χ3v) is 5.76. The number of benzene rings is 3. The van der Waals surface area contributed by atoms with Crippen molar-refractivity contribution in [3.8, 4) is 11.4 Å². The molecule has 0 fully saturated rings. The van der Waals surface area contributed by atoms with Crippen LogP contribution < -0.4 is 11.0 Å². The van der Waals surface area contributed by atoms with Gasteiger partial charge in [-0.3, -0.25) is 9.36 Å². The van der Waals surface area contributed by atoms with Gasteiger partial charge in [-0.1, -0.05) is 54.1 Å². The molecule has 4 rings (SSSR count). The zero-order valence-electron chi connectivity index (χ0n) is 18.5. The first-order chi connectivity index (χ1) is 16.0. The molecule has 1 heterocycles. The van der Waals surface area contributed by atoms with Crippen molar-refractivity contribution in [3.05, 3.63) is 87.8 Å². The summed E-state index contributed by atoms with van der Waals surface area (Å²) >= 11 is 6.00. The topological polar surface area (TPSA) is 78.2 Å². The first-order valence-corrected chi connectivity index (χ1v) is 11.0. The predicted octanol–water partition coefficient (Wildman–Crippen LogP) is 4.04. The van der Waals surface area contributed by atoms with E-state index in [-0.39, 0.29) is 24.2 Å². The summed E-state index contributed by atoms with van der Waals surface area (Å²) in [6.45, 7) is 2.41. The largest absolute Gasteiger partial charge is 0.383 e. The van der Waals surface area contributed by atoms with Gasteiger partial charge in [0, 0.05) is 17.7 Å². The Morgan fingerprint density at radius 3 is 2.58 bits per heavy atom. The molecular formula is C25H25ClN4O3. The van der Waals surface area contributed by atoms with Gasteiger partial charge in [-0.2, -0.15) is 0 Å². The van der Waals surface area contributed by atoms with Gasteiger partial charge in [0.05, 0.1) is 19.2 Å². The smallest absolute Gasteiger partial charge is 0.346 e. The van der Waals surface area contributed by atoms with E-state index in [0.717, 1.165) is 21.9 Å². The van der Waals surface area contributed by atoms with E-state index in [1.807, 2.05) is 49.4 Å². The van der Waals surface area contributed by atoms with Crippen LogP contribution in [-0.2, 0) is 22.6 Å². The van der Waals surface area contributed by atoms with Crippen molar-refractivity contribution in [2.24, 2.45) is 0 Å². The molecule has 1 amide bonds. The predicted molar refractivity (Wildman–Crippen MR) is 129 cm³/mol. The normalized spacial score (nSPS) is 12.1. The molecule has 8 heteroatoms. The minimum atomic E-state index is -0.370. The van der Waals surface area contributed by atoms with Gasteiger partial charge >= 0.3 is 5.69 Å². The van der Waals surface area contributed by atoms with Crippen LogP contribution in [0.2, 0.25) is 5.02 Å². The lowest BCUT2D eigenvalue weighted by molar-refractivity contribution is -0.122. The van der Waals surface area contributed by atoms with Crippen molar-refractivity contribution in [2.75, 3.05) is 13.7 Å². The van der Waals surface area contributed by atoms with E-state index in [1.54, 1.807) is 31.4 Å². The van der Waals surface area contributed by atoms with Crippen LogP contribution in [0.3, 0.4) is 0 Å². The number of methoxy groups -OCH3 is 1. The Balaban J connectivity index is 1.57. The highest BCUT2D eigenvalue weighted by atomic mass is 35.5. The molecule has 1 atom stereocenters. The summed E-state index contributed by atoms with van der Waals surface area (Å²) in [5.41, 5.74) is 1.38. The number of ether oxygens (including phenoxy) is 1. The molecule has 4 aromatic rings. The Kier molecular flexibility index (Phi) is 6.91. The molecule has 0 aliphatic heterocycles. The number of fused-ring (bicyclic) bond motifs is 1. The summed E-state index contributed by atoms with van der Waals surface area (Å²) in [6.07, 6.45) is 0. The molecular weight excluding hydrogens is 440 g/mol. The van der Waals surface area contributed by atoms with E-state index >= 15 is 0 Å². The fourth-order valence-corrected chi connectivity index (χ4v) is 4.00. The summed E-state index contributed by atoms with van der Waals surface area (Å²) in [5.74, 6) is 0.167. The van der Waals surface area contributed by atoms with Crippen molar-refractivity contribution < 1.29 is 9.53 Å². The minimum Gasteiger partial charge on any atom is -0.383 e. The summed E-state index contributed by atoms with van der Waals surface area (Å²) in [4.78, 5) is 25.8. The summed E-state index contributed by atoms with van der Waals surface area (Å²) in [5, 5.41) is 10.2. The molecule has 0 aliphatic carbocycles. The highest BCUT2D eigenvalue weighted by Crippen LogP contribution is 2.24. The van der Waals surface area contributed by atoms with Crippen LogP contribution in [0.15, 0.2) is 71.5 Å². The summed E-state index contributed by atoms with van der Waals surface area (Å²) in [7, 11) is 1.57. The van der Waals surface area contributed by atoms with Gasteiger partial charge in [-0.25, -0.2) is 9.48 Å². The van der Waals surface area contributed by atoms with E-state index in [4.69, 9.17) is 16.3 Å². The Labute approximate surface area is 196 Å². The van der Waals surface area contributed by atoms with Gasteiger partial charge in [-0.15, -0.1) is 5.10 Å². The number of nitrogens with one attached hydrogen (secondary N) is 1. The molecule has 0 bridgehead atoms. The molecule has 33 heavy (non-hydrogen) atoms. The number of carbonyl (C=O) groups is 1. The number of carbonyl (C=O) groups excluding carboxylic acids is 1. The number of halogens is 1. The molecule has 0 saturated carbocycles. The van der Waals surface area contributed by atoms with E-state index in [0.29, 0.717) is 24.0 Å². The van der Waals surface area contributed by atoms with Crippen molar-refractivity contribution in [1.29, 1.82) is 0 Å². The SMILES string of the molecule is COCCn1c(-c2ccc(Cl)cc2)nn(CC(=O)N[C@@H](C)c2cccc3ccccc23)c1=O. The second kappa shape index (κ2) is 10.0. The Hall–Kier alpha value is -3.42. The van der Waals surface area contributed by atoms with Gasteiger partial charge in [0.15, 0.2) is 5.82 Å². The van der Waals surface area contributed by atoms with Crippen molar-refractivity contribution in [2.45, 2.75) is 26.1 Å². The summed E-state index contributed by atoms with van der Waals surface area (Å²) < 4.78 is 7.83. The van der Waals surface area contributed by atoms with Crippen LogP contribution in [-0.4, -0.2) is 34.0 Å². The van der Waals surface area contributed by atoms with Crippen LogP contribution in [0.25, 0.3) is 22.2 Å². The van der Waals surface area contributed by atoms with Crippen molar-refractivity contribution in [3.63, 3.8) is 0 Å². The zero-order chi connectivity index (χ0) is 23.4. The van der Waals surface area contributed by atoms with Gasteiger partial charge < -0.3 is 10.1 Å². The number of nitrogens with zero attached hydrogens (tertiary/aromatic N) is 3. The first kappa shape index (κ1) is 22.8. The Bertz CT molecular complexity index is 1320. The number of amides is 1. The highest BCUT2D eigenvalue weighted by Gasteiger charge is 2.18. The van der Waals surface area contributed by atoms with Gasteiger partial charge in [0.2, 0.25) is 5.91 Å². The third kappa shape index (κ3) is 4.99. The molecule has 1 aromatic heterocycles. The number of hydrogen-bond acceptors (Lipinski definition) is 4. The molecule has 3 aromatic carbocycles. The van der Waals surface area contributed by atoms with E-state index in [2.05, 4.69) is 10.4 Å². The Morgan fingerprint density at radius 1 is 1.09 bits per heavy atom. The second-order valence-corrected chi connectivity index (χ2v) is 8.21. The van der Waals surface area contributed by atoms with Crippen LogP contribution in [0.1, 0.15) is 18.5 Å². The zero-order valence-corrected chi connectivity index (χ0v) is 19.2. The fraction of sp³-hybridized carbons (Fsp3) is 0.240. The maximum atomic E-state index is 13.0. The Morgan fingerprint density at radius 2 is 1.82 bits per heavy atom. The average Bonchev–Trinajstić information content (AvgIpc) is 3.12. The van der Waals surface area contributed by atoms with Crippen LogP contribution in [0, 0.1) is 0 Å². The van der Waals surface area contributed by atoms with Crippen molar-refractivity contribution in [1.82, 2.24) is 19.7 Å². The number of rotatable bonds is 8. The quantitative estimate of drug-likeness (QED) is 0.427. The van der Waals surface area contributed by atoms with Gasteiger partial charge in [0.25, 0.3) is 0 Å². The van der Waals surface area contributed by atoms with Gasteiger partial charge in [-0.05, 0) is 47.5 Å².